The molecule has 2 amide bonds. The molecule has 178 valence electrons. The summed E-state index contributed by atoms with van der Waals surface area (Å²) in [6.45, 7) is 4.98. The number of Topliss-reactive ketones (excluding diaryl/α,β-unsaturated/α-hetero) is 1. The Morgan fingerprint density at radius 3 is 2.62 bits per heavy atom. The molecule has 3 N–H and O–H groups in total. The lowest BCUT2D eigenvalue weighted by molar-refractivity contribution is -0.125. The number of hydrogen-bond acceptors (Lipinski definition) is 6. The van der Waals surface area contributed by atoms with Gasteiger partial charge >= 0.3 is 0 Å². The third kappa shape index (κ3) is 9.34. The molecule has 0 spiro atoms. The highest BCUT2D eigenvalue weighted by molar-refractivity contribution is 5.84. The van der Waals surface area contributed by atoms with Crippen molar-refractivity contribution < 1.29 is 19.1 Å². The number of aromatic nitrogens is 1. The minimum Gasteiger partial charge on any atom is -0.490 e. The first kappa shape index (κ1) is 25.8. The van der Waals surface area contributed by atoms with E-state index in [4.69, 9.17) is 4.74 Å². The predicted octanol–water partition coefficient (Wildman–Crippen LogP) is 2.16. The minimum absolute atomic E-state index is 0.000262. The van der Waals surface area contributed by atoms with Crippen LogP contribution in [0, 0.1) is 5.92 Å². The van der Waals surface area contributed by atoms with Crippen molar-refractivity contribution in [2.45, 2.75) is 71.3 Å². The van der Waals surface area contributed by atoms with E-state index in [-0.39, 0.29) is 30.2 Å². The smallest absolute Gasteiger partial charge is 0.239 e. The van der Waals surface area contributed by atoms with Crippen molar-refractivity contribution in [3.63, 3.8) is 0 Å². The zero-order chi connectivity index (χ0) is 23.2. The lowest BCUT2D eigenvalue weighted by Gasteiger charge is -2.29. The Morgan fingerprint density at radius 1 is 1.12 bits per heavy atom. The number of nitrogens with one attached hydrogen (secondary N) is 3. The zero-order valence-corrected chi connectivity index (χ0v) is 19.5. The number of aryl methyl sites for hydroxylation is 1. The Hall–Kier alpha value is -2.48. The van der Waals surface area contributed by atoms with Crippen LogP contribution in [0.1, 0.15) is 64.5 Å². The largest absolute Gasteiger partial charge is 0.490 e. The van der Waals surface area contributed by atoms with Crippen molar-refractivity contribution in [3.05, 3.63) is 24.0 Å². The van der Waals surface area contributed by atoms with Crippen molar-refractivity contribution in [1.29, 1.82) is 0 Å². The van der Waals surface area contributed by atoms with Crippen LogP contribution >= 0.6 is 0 Å². The number of carbonyl (C=O) groups excluding carboxylic acids is 3. The molecule has 0 radical (unpaired) electrons. The Kier molecular flexibility index (Phi) is 11.7. The topological polar surface area (TPSA) is 109 Å². The Labute approximate surface area is 191 Å². The number of nitrogens with zero attached hydrogens (tertiary/aromatic N) is 1. The van der Waals surface area contributed by atoms with Crippen LogP contribution in [0.4, 0.5) is 0 Å². The van der Waals surface area contributed by atoms with Gasteiger partial charge in [-0.15, -0.1) is 0 Å². The van der Waals surface area contributed by atoms with Crippen LogP contribution in [0.5, 0.6) is 5.75 Å². The second-order valence-corrected chi connectivity index (χ2v) is 8.32. The quantitative estimate of drug-likeness (QED) is 0.378. The van der Waals surface area contributed by atoms with E-state index in [1.54, 1.807) is 20.0 Å². The standard InChI is InChI=1S/C24H38N4O4/c1-3-22(30)28-17-23(31)26-14-7-11-20-21(12-8-13-25-20)32-16-15-27-24(18(2)29)19-9-5-4-6-10-19/h8,12-13,19,24,27H,3-7,9-11,14-17H2,1-2H3,(H,26,31)(H,28,30). The number of carbonyl (C=O) groups is 3. The van der Waals surface area contributed by atoms with Crippen molar-refractivity contribution in [1.82, 2.24) is 20.9 Å². The second kappa shape index (κ2) is 14.6. The molecule has 0 aromatic carbocycles. The molecule has 1 saturated carbocycles. The van der Waals surface area contributed by atoms with Gasteiger partial charge in [0.05, 0.1) is 18.3 Å². The summed E-state index contributed by atoms with van der Waals surface area (Å²) in [5.74, 6) is 1.02. The number of pyridine rings is 1. The molecule has 0 bridgehead atoms. The fraction of sp³-hybridized carbons (Fsp3) is 0.667. The van der Waals surface area contributed by atoms with Crippen LogP contribution in [0.2, 0.25) is 0 Å². The van der Waals surface area contributed by atoms with Gasteiger partial charge in [-0.05, 0) is 50.7 Å². The van der Waals surface area contributed by atoms with Crippen LogP contribution in [-0.2, 0) is 20.8 Å². The zero-order valence-electron chi connectivity index (χ0n) is 19.5. The maximum atomic E-state index is 12.1. The average Bonchev–Trinajstić information content (AvgIpc) is 2.81. The Morgan fingerprint density at radius 2 is 1.91 bits per heavy atom. The Balaban J connectivity index is 1.70. The molecule has 1 fully saturated rings. The molecule has 1 aromatic rings. The van der Waals surface area contributed by atoms with E-state index in [1.165, 1.54) is 19.3 Å². The van der Waals surface area contributed by atoms with Gasteiger partial charge in [0, 0.05) is 25.7 Å². The van der Waals surface area contributed by atoms with E-state index in [0.717, 1.165) is 24.3 Å². The molecular formula is C24H38N4O4. The van der Waals surface area contributed by atoms with Crippen LogP contribution in [0.15, 0.2) is 18.3 Å². The summed E-state index contributed by atoms with van der Waals surface area (Å²) in [6.07, 6.45) is 9.40. The number of ether oxygens (including phenoxy) is 1. The number of ketones is 1. The van der Waals surface area contributed by atoms with E-state index in [9.17, 15) is 14.4 Å². The van der Waals surface area contributed by atoms with Crippen molar-refractivity contribution >= 4 is 17.6 Å². The van der Waals surface area contributed by atoms with E-state index >= 15 is 0 Å². The summed E-state index contributed by atoms with van der Waals surface area (Å²) in [7, 11) is 0. The molecule has 1 aromatic heterocycles. The molecule has 32 heavy (non-hydrogen) atoms. The van der Waals surface area contributed by atoms with Crippen LogP contribution in [0.25, 0.3) is 0 Å². The van der Waals surface area contributed by atoms with Crippen LogP contribution in [0.3, 0.4) is 0 Å². The first-order chi connectivity index (χ1) is 15.5. The van der Waals surface area contributed by atoms with E-state index in [0.29, 0.717) is 44.9 Å². The molecule has 1 unspecified atom stereocenters. The SMILES string of the molecule is CCC(=O)NCC(=O)NCCCc1ncccc1OCCNC(C(C)=O)C1CCCCC1. The van der Waals surface area contributed by atoms with E-state index < -0.39 is 0 Å². The maximum absolute atomic E-state index is 12.1. The Bertz CT molecular complexity index is 734. The van der Waals surface area contributed by atoms with Gasteiger partial charge in [-0.1, -0.05) is 26.2 Å². The molecule has 0 aliphatic heterocycles. The van der Waals surface area contributed by atoms with Crippen molar-refractivity contribution in [2.75, 3.05) is 26.2 Å². The summed E-state index contributed by atoms with van der Waals surface area (Å²) in [5, 5.41) is 8.74. The lowest BCUT2D eigenvalue weighted by atomic mass is 9.82. The lowest BCUT2D eigenvalue weighted by Crippen LogP contribution is -2.44. The summed E-state index contributed by atoms with van der Waals surface area (Å²) >= 11 is 0. The van der Waals surface area contributed by atoms with Gasteiger partial charge in [0.15, 0.2) is 0 Å². The van der Waals surface area contributed by atoms with Gasteiger partial charge in [-0.2, -0.15) is 0 Å². The van der Waals surface area contributed by atoms with Gasteiger partial charge in [0.2, 0.25) is 11.8 Å². The summed E-state index contributed by atoms with van der Waals surface area (Å²) in [4.78, 5) is 39.4. The van der Waals surface area contributed by atoms with E-state index in [2.05, 4.69) is 20.9 Å². The first-order valence-electron chi connectivity index (χ1n) is 11.8. The third-order valence-corrected chi connectivity index (χ3v) is 5.81. The van der Waals surface area contributed by atoms with E-state index in [1.807, 2.05) is 12.1 Å². The molecule has 8 nitrogen and oxygen atoms in total. The minimum atomic E-state index is -0.201. The van der Waals surface area contributed by atoms with Gasteiger partial charge < -0.3 is 20.7 Å². The molecule has 1 atom stereocenters. The van der Waals surface area contributed by atoms with Gasteiger partial charge in [-0.3, -0.25) is 19.4 Å². The summed E-state index contributed by atoms with van der Waals surface area (Å²) in [5.41, 5.74) is 0.844. The summed E-state index contributed by atoms with van der Waals surface area (Å²) in [6, 6.07) is 3.65. The average molecular weight is 447 g/mol. The number of amides is 2. The van der Waals surface area contributed by atoms with Gasteiger partial charge in [-0.25, -0.2) is 0 Å². The molecule has 1 aliphatic rings. The predicted molar refractivity (Wildman–Crippen MR) is 123 cm³/mol. The number of hydrogen-bond donors (Lipinski definition) is 3. The van der Waals surface area contributed by atoms with Crippen LogP contribution < -0.4 is 20.7 Å². The molecule has 1 aliphatic carbocycles. The number of rotatable bonds is 14. The maximum Gasteiger partial charge on any atom is 0.239 e. The highest BCUT2D eigenvalue weighted by Crippen LogP contribution is 2.26. The molecule has 2 rings (SSSR count). The highest BCUT2D eigenvalue weighted by atomic mass is 16.5. The molecule has 8 heteroatoms. The fourth-order valence-corrected chi connectivity index (χ4v) is 4.08. The third-order valence-electron chi connectivity index (χ3n) is 5.81. The van der Waals surface area contributed by atoms with Crippen LogP contribution in [-0.4, -0.2) is 54.9 Å². The molecule has 0 saturated heterocycles. The van der Waals surface area contributed by atoms with Crippen molar-refractivity contribution in [2.24, 2.45) is 5.92 Å². The first-order valence-corrected chi connectivity index (χ1v) is 11.8. The second-order valence-electron chi connectivity index (χ2n) is 8.32. The molecule has 1 heterocycles. The highest BCUT2D eigenvalue weighted by Gasteiger charge is 2.26. The van der Waals surface area contributed by atoms with Gasteiger partial charge in [0.1, 0.15) is 18.1 Å². The summed E-state index contributed by atoms with van der Waals surface area (Å²) < 4.78 is 5.94. The van der Waals surface area contributed by atoms with Gasteiger partial charge in [0.25, 0.3) is 0 Å². The van der Waals surface area contributed by atoms with Crippen molar-refractivity contribution in [3.8, 4) is 5.75 Å². The normalized spacial score (nSPS) is 15.1. The fourth-order valence-electron chi connectivity index (χ4n) is 4.08. The monoisotopic (exact) mass is 446 g/mol. The molecular weight excluding hydrogens is 408 g/mol.